The Balaban J connectivity index is 2.42. The Kier molecular flexibility index (Phi) is 2.10. The van der Waals surface area contributed by atoms with E-state index in [2.05, 4.69) is 5.48 Å². The molecule has 14 heavy (non-hydrogen) atoms. The Morgan fingerprint density at radius 2 is 1.93 bits per heavy atom. The van der Waals surface area contributed by atoms with Gasteiger partial charge in [-0.15, -0.1) is 0 Å². The first-order valence-electron chi connectivity index (χ1n) is 4.73. The van der Waals surface area contributed by atoms with Gasteiger partial charge in [0.25, 0.3) is 0 Å². The van der Waals surface area contributed by atoms with Crippen LogP contribution in [0.5, 0.6) is 0 Å². The van der Waals surface area contributed by atoms with Gasteiger partial charge in [0.1, 0.15) is 5.60 Å². The molecule has 76 valence electrons. The topological polar surface area (TPSA) is 41.5 Å². The standard InChI is InChI=1S/C11H15NO2/c1-10(13)8-14-12-11(10,2)9-6-4-3-5-7-9/h3-7,12-13H,8H2,1-2H3/t10-,11?/m1/s1. The lowest BCUT2D eigenvalue weighted by molar-refractivity contribution is 0.00859. The predicted molar refractivity (Wildman–Crippen MR) is 53.5 cm³/mol. The van der Waals surface area contributed by atoms with Crippen molar-refractivity contribution in [2.24, 2.45) is 0 Å². The molecule has 0 amide bonds. The highest BCUT2D eigenvalue weighted by molar-refractivity contribution is 5.28. The third-order valence-corrected chi connectivity index (χ3v) is 3.06. The largest absolute Gasteiger partial charge is 0.385 e. The zero-order valence-electron chi connectivity index (χ0n) is 8.45. The van der Waals surface area contributed by atoms with Gasteiger partial charge in [0, 0.05) is 0 Å². The van der Waals surface area contributed by atoms with Crippen molar-refractivity contribution >= 4 is 0 Å². The molecule has 1 fully saturated rings. The molecule has 1 aromatic rings. The van der Waals surface area contributed by atoms with Crippen molar-refractivity contribution in [3.05, 3.63) is 35.9 Å². The predicted octanol–water partition coefficient (Wildman–Crippen LogP) is 1.19. The number of hydrogen-bond acceptors (Lipinski definition) is 3. The van der Waals surface area contributed by atoms with Crippen molar-refractivity contribution in [2.45, 2.75) is 25.0 Å². The Morgan fingerprint density at radius 3 is 2.43 bits per heavy atom. The Hall–Kier alpha value is -0.900. The van der Waals surface area contributed by atoms with Gasteiger partial charge in [-0.05, 0) is 19.4 Å². The van der Waals surface area contributed by atoms with Crippen molar-refractivity contribution in [3.63, 3.8) is 0 Å². The summed E-state index contributed by atoms with van der Waals surface area (Å²) in [7, 11) is 0. The van der Waals surface area contributed by atoms with Crippen LogP contribution < -0.4 is 5.48 Å². The molecule has 2 rings (SSSR count). The Morgan fingerprint density at radius 1 is 1.29 bits per heavy atom. The van der Waals surface area contributed by atoms with Crippen LogP contribution in [0.2, 0.25) is 0 Å². The molecular formula is C11H15NO2. The summed E-state index contributed by atoms with van der Waals surface area (Å²) in [4.78, 5) is 5.13. The Labute approximate surface area is 83.7 Å². The minimum absolute atomic E-state index is 0.304. The van der Waals surface area contributed by atoms with Gasteiger partial charge in [-0.2, -0.15) is 5.48 Å². The highest BCUT2D eigenvalue weighted by Gasteiger charge is 2.50. The van der Waals surface area contributed by atoms with Gasteiger partial charge in [-0.25, -0.2) is 0 Å². The van der Waals surface area contributed by atoms with Crippen molar-refractivity contribution in [1.82, 2.24) is 5.48 Å². The first-order valence-corrected chi connectivity index (χ1v) is 4.73. The van der Waals surface area contributed by atoms with Gasteiger partial charge in [0.15, 0.2) is 0 Å². The van der Waals surface area contributed by atoms with Crippen LogP contribution in [0.4, 0.5) is 0 Å². The van der Waals surface area contributed by atoms with Crippen LogP contribution in [0.3, 0.4) is 0 Å². The second-order valence-corrected chi connectivity index (χ2v) is 4.16. The van der Waals surface area contributed by atoms with Crippen LogP contribution in [0, 0.1) is 0 Å². The van der Waals surface area contributed by atoms with E-state index < -0.39 is 11.1 Å². The fraction of sp³-hybridized carbons (Fsp3) is 0.455. The summed E-state index contributed by atoms with van der Waals surface area (Å²) in [5, 5.41) is 10.2. The Bertz CT molecular complexity index is 323. The first kappa shape index (κ1) is 9.65. The number of rotatable bonds is 1. The maximum atomic E-state index is 10.2. The van der Waals surface area contributed by atoms with Crippen LogP contribution in [0.15, 0.2) is 30.3 Å². The molecule has 0 radical (unpaired) electrons. The number of aliphatic hydroxyl groups is 1. The minimum Gasteiger partial charge on any atom is -0.385 e. The number of hydroxylamine groups is 1. The van der Waals surface area contributed by atoms with E-state index in [1.807, 2.05) is 37.3 Å². The average molecular weight is 193 g/mol. The fourth-order valence-electron chi connectivity index (χ4n) is 1.72. The first-order chi connectivity index (χ1) is 6.56. The van der Waals surface area contributed by atoms with E-state index in [-0.39, 0.29) is 0 Å². The van der Waals surface area contributed by atoms with E-state index in [1.54, 1.807) is 6.92 Å². The molecule has 1 saturated heterocycles. The zero-order chi connectivity index (χ0) is 10.2. The van der Waals surface area contributed by atoms with E-state index in [9.17, 15) is 5.11 Å². The summed E-state index contributed by atoms with van der Waals surface area (Å²) in [6.45, 7) is 4.02. The molecule has 1 unspecified atom stereocenters. The molecule has 3 heteroatoms. The summed E-state index contributed by atoms with van der Waals surface area (Å²) in [5.41, 5.74) is 2.51. The number of hydrogen-bond donors (Lipinski definition) is 2. The normalized spacial score (nSPS) is 37.4. The molecule has 1 aliphatic heterocycles. The molecule has 0 aromatic heterocycles. The van der Waals surface area contributed by atoms with E-state index in [0.717, 1.165) is 5.56 Å². The maximum Gasteiger partial charge on any atom is 0.111 e. The molecular weight excluding hydrogens is 178 g/mol. The van der Waals surface area contributed by atoms with Crippen LogP contribution >= 0.6 is 0 Å². The second-order valence-electron chi connectivity index (χ2n) is 4.16. The van der Waals surface area contributed by atoms with Gasteiger partial charge in [-0.1, -0.05) is 30.3 Å². The van der Waals surface area contributed by atoms with Gasteiger partial charge in [0.05, 0.1) is 12.1 Å². The number of benzene rings is 1. The molecule has 2 atom stereocenters. The lowest BCUT2D eigenvalue weighted by Gasteiger charge is -2.34. The molecule has 0 spiro atoms. The van der Waals surface area contributed by atoms with E-state index in [0.29, 0.717) is 6.61 Å². The van der Waals surface area contributed by atoms with Gasteiger partial charge in [0.2, 0.25) is 0 Å². The molecule has 1 heterocycles. The molecule has 0 saturated carbocycles. The lowest BCUT2D eigenvalue weighted by atomic mass is 9.79. The zero-order valence-corrected chi connectivity index (χ0v) is 8.45. The monoisotopic (exact) mass is 193 g/mol. The summed E-state index contributed by atoms with van der Waals surface area (Å²) >= 11 is 0. The molecule has 0 aliphatic carbocycles. The average Bonchev–Trinajstić information content (AvgIpc) is 2.44. The molecule has 2 N–H and O–H groups in total. The van der Waals surface area contributed by atoms with Crippen LogP contribution in [0.1, 0.15) is 19.4 Å². The summed E-state index contributed by atoms with van der Waals surface area (Å²) in [5.74, 6) is 0. The second kappa shape index (κ2) is 3.05. The summed E-state index contributed by atoms with van der Waals surface area (Å²) < 4.78 is 0. The molecule has 1 aliphatic rings. The van der Waals surface area contributed by atoms with Crippen LogP contribution in [0.25, 0.3) is 0 Å². The van der Waals surface area contributed by atoms with Crippen LogP contribution in [-0.2, 0) is 10.4 Å². The molecule has 3 nitrogen and oxygen atoms in total. The van der Waals surface area contributed by atoms with Gasteiger partial charge < -0.3 is 5.11 Å². The lowest BCUT2D eigenvalue weighted by Crippen LogP contribution is -2.50. The van der Waals surface area contributed by atoms with Crippen LogP contribution in [-0.4, -0.2) is 17.3 Å². The van der Waals surface area contributed by atoms with Gasteiger partial charge in [-0.3, -0.25) is 4.84 Å². The van der Waals surface area contributed by atoms with Crippen molar-refractivity contribution in [2.75, 3.05) is 6.61 Å². The summed E-state index contributed by atoms with van der Waals surface area (Å²) in [6.07, 6.45) is 0. The van der Waals surface area contributed by atoms with E-state index in [1.165, 1.54) is 0 Å². The van der Waals surface area contributed by atoms with E-state index >= 15 is 0 Å². The highest BCUT2D eigenvalue weighted by Crippen LogP contribution is 2.36. The third-order valence-electron chi connectivity index (χ3n) is 3.06. The van der Waals surface area contributed by atoms with Gasteiger partial charge >= 0.3 is 0 Å². The van der Waals surface area contributed by atoms with Crippen molar-refractivity contribution in [3.8, 4) is 0 Å². The highest BCUT2D eigenvalue weighted by atomic mass is 16.7. The maximum absolute atomic E-state index is 10.2. The quantitative estimate of drug-likeness (QED) is 0.704. The fourth-order valence-corrected chi connectivity index (χ4v) is 1.72. The molecule has 0 bridgehead atoms. The van der Waals surface area contributed by atoms with Crippen molar-refractivity contribution in [1.29, 1.82) is 0 Å². The summed E-state index contributed by atoms with van der Waals surface area (Å²) in [6, 6.07) is 9.83. The third kappa shape index (κ3) is 1.25. The van der Waals surface area contributed by atoms with E-state index in [4.69, 9.17) is 4.84 Å². The smallest absolute Gasteiger partial charge is 0.111 e. The minimum atomic E-state index is -0.881. The SMILES string of the molecule is CC1(c2ccccc2)NOC[C@@]1(C)O. The van der Waals surface area contributed by atoms with Crippen molar-refractivity contribution < 1.29 is 9.94 Å². The molecule has 1 aromatic carbocycles. The number of nitrogens with one attached hydrogen (secondary N) is 1.